The minimum Gasteiger partial charge on any atom is -0.433 e. The Morgan fingerprint density at radius 2 is 2.00 bits per heavy atom. The van der Waals surface area contributed by atoms with Gasteiger partial charge in [-0.1, -0.05) is 12.8 Å². The summed E-state index contributed by atoms with van der Waals surface area (Å²) in [6.07, 6.45) is 6.93. The molecule has 3 aromatic heterocycles. The first-order chi connectivity index (χ1) is 15.3. The summed E-state index contributed by atoms with van der Waals surface area (Å²) in [4.78, 5) is 21.2. The summed E-state index contributed by atoms with van der Waals surface area (Å²) >= 11 is 0. The van der Waals surface area contributed by atoms with Gasteiger partial charge in [-0.15, -0.1) is 0 Å². The number of rotatable bonds is 6. The van der Waals surface area contributed by atoms with Gasteiger partial charge >= 0.3 is 6.61 Å². The van der Waals surface area contributed by atoms with Crippen molar-refractivity contribution in [2.45, 2.75) is 64.3 Å². The fourth-order valence-electron chi connectivity index (χ4n) is 3.98. The van der Waals surface area contributed by atoms with Gasteiger partial charge in [0.15, 0.2) is 0 Å². The average molecular weight is 445 g/mol. The van der Waals surface area contributed by atoms with Crippen LogP contribution in [0.2, 0.25) is 0 Å². The van der Waals surface area contributed by atoms with E-state index in [1.807, 2.05) is 13.8 Å². The number of nitrogens with one attached hydrogen (secondary N) is 1. The molecule has 3 aromatic rings. The molecule has 1 saturated carbocycles. The van der Waals surface area contributed by atoms with E-state index < -0.39 is 12.7 Å². The number of carbonyl (C=O) groups excluding carboxylic acids is 1. The number of aliphatic hydroxyl groups excluding tert-OH is 1. The number of ether oxygens (including phenoxy) is 1. The molecular formula is C22H25F2N5O3. The van der Waals surface area contributed by atoms with Gasteiger partial charge < -0.3 is 15.2 Å². The maximum atomic E-state index is 12.8. The van der Waals surface area contributed by atoms with E-state index in [0.717, 1.165) is 19.3 Å². The quantitative estimate of drug-likeness (QED) is 0.600. The fourth-order valence-corrected chi connectivity index (χ4v) is 3.98. The second-order valence-corrected chi connectivity index (χ2v) is 8.20. The number of halogens is 2. The molecular weight excluding hydrogens is 420 g/mol. The van der Waals surface area contributed by atoms with Crippen molar-refractivity contribution in [1.29, 1.82) is 0 Å². The van der Waals surface area contributed by atoms with Crippen LogP contribution in [0, 0.1) is 0 Å². The van der Waals surface area contributed by atoms with Gasteiger partial charge in [-0.3, -0.25) is 19.4 Å². The summed E-state index contributed by atoms with van der Waals surface area (Å²) < 4.78 is 31.4. The van der Waals surface area contributed by atoms with Crippen molar-refractivity contribution in [3.8, 4) is 17.0 Å². The third-order valence-electron chi connectivity index (χ3n) is 5.56. The Bertz CT molecular complexity index is 1120. The zero-order valence-electron chi connectivity index (χ0n) is 17.8. The Balaban J connectivity index is 1.69. The number of hydrogen-bond donors (Lipinski definition) is 2. The number of nitrogens with zero attached hydrogens (tertiary/aromatic N) is 4. The van der Waals surface area contributed by atoms with E-state index in [4.69, 9.17) is 0 Å². The van der Waals surface area contributed by atoms with Gasteiger partial charge in [0.1, 0.15) is 17.0 Å². The van der Waals surface area contributed by atoms with E-state index in [1.54, 1.807) is 10.7 Å². The molecule has 0 radical (unpaired) electrons. The average Bonchev–Trinajstić information content (AvgIpc) is 3.14. The lowest BCUT2D eigenvalue weighted by Crippen LogP contribution is -2.45. The third kappa shape index (κ3) is 4.55. The maximum absolute atomic E-state index is 12.8. The molecule has 0 aliphatic heterocycles. The molecule has 0 unspecified atom stereocenters. The molecule has 1 aliphatic rings. The molecule has 1 aliphatic carbocycles. The summed E-state index contributed by atoms with van der Waals surface area (Å²) in [5.74, 6) is -0.385. The van der Waals surface area contributed by atoms with Crippen molar-refractivity contribution < 1.29 is 23.4 Å². The number of amides is 1. The van der Waals surface area contributed by atoms with Crippen molar-refractivity contribution in [1.82, 2.24) is 25.1 Å². The third-order valence-corrected chi connectivity index (χ3v) is 5.56. The Hall–Kier alpha value is -3.14. The first-order valence-corrected chi connectivity index (χ1v) is 10.6. The Morgan fingerprint density at radius 3 is 2.72 bits per heavy atom. The van der Waals surface area contributed by atoms with Crippen LogP contribution in [0.3, 0.4) is 0 Å². The summed E-state index contributed by atoms with van der Waals surface area (Å²) in [5.41, 5.74) is 2.44. The van der Waals surface area contributed by atoms with E-state index in [9.17, 15) is 18.7 Å². The van der Waals surface area contributed by atoms with Gasteiger partial charge in [0.05, 0.1) is 29.4 Å². The predicted octanol–water partition coefficient (Wildman–Crippen LogP) is 3.71. The molecule has 8 nitrogen and oxygen atoms in total. The Labute approximate surface area is 183 Å². The monoisotopic (exact) mass is 445 g/mol. The van der Waals surface area contributed by atoms with Gasteiger partial charge in [0.25, 0.3) is 5.91 Å². The van der Waals surface area contributed by atoms with Crippen LogP contribution in [0.25, 0.3) is 22.3 Å². The van der Waals surface area contributed by atoms with Crippen molar-refractivity contribution in [2.24, 2.45) is 0 Å². The van der Waals surface area contributed by atoms with E-state index in [-0.39, 0.29) is 23.7 Å². The standard InChI is InChI=1S/C22H25F2N5O3/c1-12(2)29-17-8-14(21(31)27-16-5-3-4-6-18(16)30)10-26-20(17)19(28-29)13-7-15(11-25-9-13)32-22(23)24/h7-12,16,18,22,30H,3-6H2,1-2H3,(H,27,31)/t16-,18-/m0/s1. The second kappa shape index (κ2) is 9.15. The molecule has 32 heavy (non-hydrogen) atoms. The topological polar surface area (TPSA) is 102 Å². The molecule has 10 heteroatoms. The minimum atomic E-state index is -2.96. The van der Waals surface area contributed by atoms with E-state index in [1.165, 1.54) is 24.7 Å². The van der Waals surface area contributed by atoms with Crippen LogP contribution >= 0.6 is 0 Å². The molecule has 2 N–H and O–H groups in total. The number of carbonyl (C=O) groups is 1. The van der Waals surface area contributed by atoms with Crippen molar-refractivity contribution in [3.05, 3.63) is 36.3 Å². The number of alkyl halides is 2. The van der Waals surface area contributed by atoms with Crippen LogP contribution in [0.5, 0.6) is 5.75 Å². The number of aliphatic hydroxyl groups is 1. The zero-order chi connectivity index (χ0) is 22.8. The van der Waals surface area contributed by atoms with Gasteiger partial charge in [-0.25, -0.2) is 0 Å². The van der Waals surface area contributed by atoms with Gasteiger partial charge in [0, 0.05) is 24.0 Å². The van der Waals surface area contributed by atoms with Crippen molar-refractivity contribution in [2.75, 3.05) is 0 Å². The highest BCUT2D eigenvalue weighted by molar-refractivity contribution is 5.99. The van der Waals surface area contributed by atoms with E-state index >= 15 is 0 Å². The zero-order valence-corrected chi connectivity index (χ0v) is 17.8. The molecule has 0 bridgehead atoms. The molecule has 0 aromatic carbocycles. The first kappa shape index (κ1) is 22.1. The second-order valence-electron chi connectivity index (χ2n) is 8.20. The van der Waals surface area contributed by atoms with Crippen molar-refractivity contribution in [3.63, 3.8) is 0 Å². The number of aromatic nitrogens is 4. The molecule has 4 rings (SSSR count). The molecule has 1 amide bonds. The van der Waals surface area contributed by atoms with Crippen molar-refractivity contribution >= 4 is 16.9 Å². The highest BCUT2D eigenvalue weighted by atomic mass is 19.3. The summed E-state index contributed by atoms with van der Waals surface area (Å²) in [6, 6.07) is 2.82. The molecule has 0 saturated heterocycles. The van der Waals surface area contributed by atoms with Gasteiger partial charge in [-0.2, -0.15) is 13.9 Å². The van der Waals surface area contributed by atoms with Crippen LogP contribution in [-0.2, 0) is 0 Å². The molecule has 1 fully saturated rings. The number of pyridine rings is 2. The minimum absolute atomic E-state index is 0.0417. The van der Waals surface area contributed by atoms with Crippen LogP contribution in [-0.4, -0.2) is 49.5 Å². The van der Waals surface area contributed by atoms with Crippen LogP contribution < -0.4 is 10.1 Å². The van der Waals surface area contributed by atoms with Crippen LogP contribution in [0.4, 0.5) is 8.78 Å². The number of fused-ring (bicyclic) bond motifs is 1. The Kier molecular flexibility index (Phi) is 6.31. The Morgan fingerprint density at radius 1 is 1.22 bits per heavy atom. The summed E-state index contributed by atoms with van der Waals surface area (Å²) in [6.45, 7) is 0.921. The SMILES string of the molecule is CC(C)n1nc(-c2cncc(OC(F)F)c2)c2ncc(C(=O)N[C@H]3CCCC[C@@H]3O)cc21. The summed E-state index contributed by atoms with van der Waals surface area (Å²) in [7, 11) is 0. The smallest absolute Gasteiger partial charge is 0.387 e. The molecule has 170 valence electrons. The first-order valence-electron chi connectivity index (χ1n) is 10.6. The lowest BCUT2D eigenvalue weighted by molar-refractivity contribution is -0.0500. The largest absolute Gasteiger partial charge is 0.433 e. The van der Waals surface area contributed by atoms with Crippen LogP contribution in [0.1, 0.15) is 55.9 Å². The molecule has 2 atom stereocenters. The lowest BCUT2D eigenvalue weighted by atomic mass is 9.92. The maximum Gasteiger partial charge on any atom is 0.387 e. The normalized spacial score (nSPS) is 19.0. The number of hydrogen-bond acceptors (Lipinski definition) is 6. The lowest BCUT2D eigenvalue weighted by Gasteiger charge is -2.28. The fraction of sp³-hybridized carbons (Fsp3) is 0.455. The van der Waals surface area contributed by atoms with Gasteiger partial charge in [0.2, 0.25) is 0 Å². The predicted molar refractivity (Wildman–Crippen MR) is 114 cm³/mol. The molecule has 3 heterocycles. The van der Waals surface area contributed by atoms with Gasteiger partial charge in [-0.05, 0) is 38.8 Å². The summed E-state index contributed by atoms with van der Waals surface area (Å²) in [5, 5.41) is 17.7. The highest BCUT2D eigenvalue weighted by Gasteiger charge is 2.26. The van der Waals surface area contributed by atoms with E-state index in [0.29, 0.717) is 34.3 Å². The van der Waals surface area contributed by atoms with Crippen LogP contribution in [0.15, 0.2) is 30.7 Å². The van der Waals surface area contributed by atoms with E-state index in [2.05, 4.69) is 25.1 Å². The highest BCUT2D eigenvalue weighted by Crippen LogP contribution is 2.30. The molecule has 0 spiro atoms.